The SMILES string of the molecule is c1ccc(-c2ccccc2-c2ccc(N(c3ccc(-c4cc5ccccc5c5ccccc45)cc3)c3cccc4c3sc3ccccc34)cc2)cc1. The van der Waals surface area contributed by atoms with Crippen LogP contribution < -0.4 is 4.90 Å². The molecule has 1 heterocycles. The van der Waals surface area contributed by atoms with Crippen LogP contribution in [0.15, 0.2) is 200 Å². The molecule has 0 spiro atoms. The Morgan fingerprint density at radius 3 is 1.56 bits per heavy atom. The monoisotopic (exact) mass is 679 g/mol. The summed E-state index contributed by atoms with van der Waals surface area (Å²) in [5.41, 5.74) is 10.8. The van der Waals surface area contributed by atoms with Gasteiger partial charge in [-0.15, -0.1) is 11.3 Å². The maximum absolute atomic E-state index is 2.42. The van der Waals surface area contributed by atoms with Crippen molar-refractivity contribution < 1.29 is 0 Å². The molecule has 10 rings (SSSR count). The van der Waals surface area contributed by atoms with Crippen LogP contribution in [-0.2, 0) is 0 Å². The minimum Gasteiger partial charge on any atom is -0.309 e. The minimum absolute atomic E-state index is 1.12. The van der Waals surface area contributed by atoms with Crippen molar-refractivity contribution >= 4 is 70.1 Å². The van der Waals surface area contributed by atoms with Gasteiger partial charge in [0.15, 0.2) is 0 Å². The van der Waals surface area contributed by atoms with Crippen molar-refractivity contribution in [2.75, 3.05) is 4.90 Å². The molecule has 0 bridgehead atoms. The van der Waals surface area contributed by atoms with Crippen molar-refractivity contribution in [2.45, 2.75) is 0 Å². The number of hydrogen-bond acceptors (Lipinski definition) is 2. The highest BCUT2D eigenvalue weighted by Gasteiger charge is 2.19. The Balaban J connectivity index is 1.12. The van der Waals surface area contributed by atoms with Crippen LogP contribution in [-0.4, -0.2) is 0 Å². The van der Waals surface area contributed by atoms with Gasteiger partial charge in [0.25, 0.3) is 0 Å². The summed E-state index contributed by atoms with van der Waals surface area (Å²) in [6, 6.07) is 72.8. The van der Waals surface area contributed by atoms with E-state index >= 15 is 0 Å². The third-order valence-electron chi connectivity index (χ3n) is 10.3. The standard InChI is InChI=1S/C50H33NS/c1-2-13-34(14-3-1)40-16-6-7-17-41(40)35-25-29-38(30-26-35)51(48-23-12-22-46-45-21-10-11-24-49(45)52-50(46)48)39-31-27-36(28-32-39)47-33-37-15-4-5-18-42(37)43-19-8-9-20-44(43)47/h1-33H. The maximum atomic E-state index is 2.42. The molecule has 1 nitrogen and oxygen atoms in total. The number of fused-ring (bicyclic) bond motifs is 6. The topological polar surface area (TPSA) is 3.24 Å². The lowest BCUT2D eigenvalue weighted by Gasteiger charge is -2.26. The third kappa shape index (κ3) is 5.16. The number of hydrogen-bond donors (Lipinski definition) is 0. The molecule has 0 unspecified atom stereocenters. The molecule has 0 aliphatic carbocycles. The van der Waals surface area contributed by atoms with E-state index in [9.17, 15) is 0 Å². The lowest BCUT2D eigenvalue weighted by Crippen LogP contribution is -2.10. The van der Waals surface area contributed by atoms with Crippen LogP contribution in [0.4, 0.5) is 17.1 Å². The van der Waals surface area contributed by atoms with E-state index in [2.05, 4.69) is 205 Å². The van der Waals surface area contributed by atoms with E-state index in [0.29, 0.717) is 0 Å². The average Bonchev–Trinajstić information content (AvgIpc) is 3.61. The van der Waals surface area contributed by atoms with Gasteiger partial charge in [-0.25, -0.2) is 0 Å². The van der Waals surface area contributed by atoms with E-state index in [1.54, 1.807) is 0 Å². The number of nitrogens with zero attached hydrogens (tertiary/aromatic N) is 1. The molecular formula is C50H33NS. The minimum atomic E-state index is 1.12. The first-order valence-corrected chi connectivity index (χ1v) is 18.6. The lowest BCUT2D eigenvalue weighted by molar-refractivity contribution is 1.30. The first kappa shape index (κ1) is 30.4. The van der Waals surface area contributed by atoms with Gasteiger partial charge in [-0.05, 0) is 97.4 Å². The zero-order valence-electron chi connectivity index (χ0n) is 28.4. The Kier molecular flexibility index (Phi) is 7.41. The van der Waals surface area contributed by atoms with Crippen molar-refractivity contribution in [2.24, 2.45) is 0 Å². The fourth-order valence-electron chi connectivity index (χ4n) is 7.81. The molecular weight excluding hydrogens is 647 g/mol. The quantitative estimate of drug-likeness (QED) is 0.158. The maximum Gasteiger partial charge on any atom is 0.0640 e. The van der Waals surface area contributed by atoms with Gasteiger partial charge >= 0.3 is 0 Å². The molecule has 0 aliphatic heterocycles. The molecule has 0 amide bonds. The van der Waals surface area contributed by atoms with Gasteiger partial charge in [-0.2, -0.15) is 0 Å². The average molecular weight is 680 g/mol. The van der Waals surface area contributed by atoms with E-state index in [1.165, 1.54) is 80.8 Å². The van der Waals surface area contributed by atoms with Gasteiger partial charge in [0.05, 0.1) is 10.4 Å². The van der Waals surface area contributed by atoms with E-state index < -0.39 is 0 Å². The molecule has 0 fully saturated rings. The van der Waals surface area contributed by atoms with Crippen molar-refractivity contribution in [1.82, 2.24) is 0 Å². The molecule has 52 heavy (non-hydrogen) atoms. The van der Waals surface area contributed by atoms with Gasteiger partial charge in [0.2, 0.25) is 0 Å². The summed E-state index contributed by atoms with van der Waals surface area (Å²) in [4.78, 5) is 2.42. The smallest absolute Gasteiger partial charge is 0.0640 e. The Morgan fingerprint density at radius 1 is 0.327 bits per heavy atom. The van der Waals surface area contributed by atoms with Crippen molar-refractivity contribution in [1.29, 1.82) is 0 Å². The molecule has 9 aromatic carbocycles. The summed E-state index contributed by atoms with van der Waals surface area (Å²) in [7, 11) is 0. The predicted molar refractivity (Wildman–Crippen MR) is 225 cm³/mol. The van der Waals surface area contributed by atoms with Crippen LogP contribution in [0.3, 0.4) is 0 Å². The number of thiophene rings is 1. The fraction of sp³-hybridized carbons (Fsp3) is 0. The molecule has 0 atom stereocenters. The molecule has 10 aromatic rings. The van der Waals surface area contributed by atoms with Crippen LogP contribution >= 0.6 is 11.3 Å². The van der Waals surface area contributed by atoms with E-state index in [1.807, 2.05) is 11.3 Å². The molecule has 1 aromatic heterocycles. The summed E-state index contributed by atoms with van der Waals surface area (Å²) in [5, 5.41) is 7.69. The van der Waals surface area contributed by atoms with Gasteiger partial charge in [-0.3, -0.25) is 0 Å². The van der Waals surface area contributed by atoms with Gasteiger partial charge in [0.1, 0.15) is 0 Å². The second kappa shape index (κ2) is 12.7. The Bertz CT molecular complexity index is 2890. The zero-order valence-corrected chi connectivity index (χ0v) is 29.2. The second-order valence-electron chi connectivity index (χ2n) is 13.3. The molecule has 0 saturated heterocycles. The largest absolute Gasteiger partial charge is 0.309 e. The highest BCUT2D eigenvalue weighted by Crippen LogP contribution is 2.46. The first-order chi connectivity index (χ1) is 25.8. The summed E-state index contributed by atoms with van der Waals surface area (Å²) in [6.07, 6.45) is 0. The molecule has 0 radical (unpaired) electrons. The summed E-state index contributed by atoms with van der Waals surface area (Å²) in [6.45, 7) is 0. The number of rotatable bonds is 6. The molecule has 0 aliphatic rings. The van der Waals surface area contributed by atoms with Crippen molar-refractivity contribution in [3.8, 4) is 33.4 Å². The van der Waals surface area contributed by atoms with Gasteiger partial charge in [-0.1, -0.05) is 158 Å². The van der Waals surface area contributed by atoms with Crippen LogP contribution in [0.2, 0.25) is 0 Å². The summed E-state index contributed by atoms with van der Waals surface area (Å²) < 4.78 is 2.59. The second-order valence-corrected chi connectivity index (χ2v) is 14.3. The zero-order chi connectivity index (χ0) is 34.4. The lowest BCUT2D eigenvalue weighted by atomic mass is 9.93. The number of benzene rings is 9. The van der Waals surface area contributed by atoms with Crippen LogP contribution in [0.1, 0.15) is 0 Å². The van der Waals surface area contributed by atoms with Crippen LogP contribution in [0.5, 0.6) is 0 Å². The molecule has 0 saturated carbocycles. The van der Waals surface area contributed by atoms with E-state index in [0.717, 1.165) is 11.4 Å². The van der Waals surface area contributed by atoms with Gasteiger partial charge in [0, 0.05) is 26.8 Å². The van der Waals surface area contributed by atoms with Crippen molar-refractivity contribution in [3.63, 3.8) is 0 Å². The van der Waals surface area contributed by atoms with E-state index in [4.69, 9.17) is 0 Å². The predicted octanol–water partition coefficient (Wildman–Crippen LogP) is 14.8. The van der Waals surface area contributed by atoms with Crippen LogP contribution in [0.25, 0.3) is 75.1 Å². The normalized spacial score (nSPS) is 11.5. The van der Waals surface area contributed by atoms with Gasteiger partial charge < -0.3 is 4.90 Å². The Labute approximate surface area is 307 Å². The Morgan fingerprint density at radius 2 is 0.846 bits per heavy atom. The highest BCUT2D eigenvalue weighted by molar-refractivity contribution is 7.26. The van der Waals surface area contributed by atoms with Crippen LogP contribution in [0, 0.1) is 0 Å². The third-order valence-corrected chi connectivity index (χ3v) is 11.5. The fourth-order valence-corrected chi connectivity index (χ4v) is 9.02. The summed E-state index contributed by atoms with van der Waals surface area (Å²) in [5.74, 6) is 0. The molecule has 2 heteroatoms. The van der Waals surface area contributed by atoms with Crippen molar-refractivity contribution in [3.05, 3.63) is 200 Å². The molecule has 0 N–H and O–H groups in total. The van der Waals surface area contributed by atoms with E-state index in [-0.39, 0.29) is 0 Å². The highest BCUT2D eigenvalue weighted by atomic mass is 32.1. The first-order valence-electron chi connectivity index (χ1n) is 17.8. The molecule has 244 valence electrons. The Hall–Kier alpha value is -6.48. The number of anilines is 3. The summed E-state index contributed by atoms with van der Waals surface area (Å²) >= 11 is 1.87.